The van der Waals surface area contributed by atoms with Crippen LogP contribution in [-0.4, -0.2) is 36.1 Å². The molecule has 1 unspecified atom stereocenters. The lowest BCUT2D eigenvalue weighted by molar-refractivity contribution is 0.0636. The Morgan fingerprint density at radius 1 is 1.67 bits per heavy atom. The number of aliphatic hydroxyl groups is 2. The van der Waals surface area contributed by atoms with Gasteiger partial charge in [0, 0.05) is 0 Å². The Bertz CT molecular complexity index is 119. The monoisotopic (exact) mass is 130 g/mol. The van der Waals surface area contributed by atoms with E-state index in [1.165, 1.54) is 0 Å². The summed E-state index contributed by atoms with van der Waals surface area (Å²) < 4.78 is 5.00. The third-order valence-corrected chi connectivity index (χ3v) is 1.40. The maximum atomic E-state index is 8.61. The number of aliphatic hydroxyl groups excluding tert-OH is 2. The largest absolute Gasteiger partial charge is 0.393 e. The van der Waals surface area contributed by atoms with E-state index in [-0.39, 0.29) is 19.3 Å². The highest BCUT2D eigenvalue weighted by Crippen LogP contribution is 2.12. The summed E-state index contributed by atoms with van der Waals surface area (Å²) in [6.07, 6.45) is 1.54. The van der Waals surface area contributed by atoms with Gasteiger partial charge in [0.2, 0.25) is 0 Å². The fourth-order valence-electron chi connectivity index (χ4n) is 0.846. The third kappa shape index (κ3) is 1.30. The van der Waals surface area contributed by atoms with Crippen molar-refractivity contribution in [3.63, 3.8) is 0 Å². The molecule has 0 bridgehead atoms. The molecule has 1 atom stereocenters. The summed E-state index contributed by atoms with van der Waals surface area (Å²) in [5.41, 5.74) is 0.789. The standard InChI is InChI=1S/C6H10O3/c7-3-5-1-2-9-6(5)4-8/h1,6-8H,2-4H2. The molecule has 1 aliphatic rings. The molecule has 0 saturated carbocycles. The van der Waals surface area contributed by atoms with Crippen LogP contribution in [0.15, 0.2) is 11.6 Å². The molecule has 0 spiro atoms. The van der Waals surface area contributed by atoms with Gasteiger partial charge in [-0.3, -0.25) is 0 Å². The highest BCUT2D eigenvalue weighted by Gasteiger charge is 2.17. The van der Waals surface area contributed by atoms with Crippen LogP contribution in [0.1, 0.15) is 0 Å². The molecule has 3 heteroatoms. The Morgan fingerprint density at radius 2 is 2.44 bits per heavy atom. The van der Waals surface area contributed by atoms with Crippen molar-refractivity contribution in [2.45, 2.75) is 6.10 Å². The number of rotatable bonds is 2. The van der Waals surface area contributed by atoms with Gasteiger partial charge in [-0.05, 0) is 5.57 Å². The molecule has 0 saturated heterocycles. The summed E-state index contributed by atoms with van der Waals surface area (Å²) in [6.45, 7) is 0.471. The average molecular weight is 130 g/mol. The molecule has 0 fully saturated rings. The molecule has 1 rings (SSSR count). The van der Waals surface area contributed by atoms with Crippen LogP contribution in [0.25, 0.3) is 0 Å². The maximum Gasteiger partial charge on any atom is 0.104 e. The van der Waals surface area contributed by atoms with Crippen LogP contribution in [-0.2, 0) is 4.74 Å². The molecule has 0 aromatic carbocycles. The zero-order valence-corrected chi connectivity index (χ0v) is 5.08. The summed E-state index contributed by atoms with van der Waals surface area (Å²) in [7, 11) is 0. The minimum atomic E-state index is -0.255. The van der Waals surface area contributed by atoms with E-state index in [0.29, 0.717) is 6.61 Å². The molecule has 9 heavy (non-hydrogen) atoms. The summed E-state index contributed by atoms with van der Waals surface area (Å²) in [4.78, 5) is 0. The molecule has 0 aromatic rings. The van der Waals surface area contributed by atoms with Crippen molar-refractivity contribution in [1.82, 2.24) is 0 Å². The van der Waals surface area contributed by atoms with Gasteiger partial charge in [0.15, 0.2) is 0 Å². The molecule has 1 heterocycles. The molecule has 0 aliphatic carbocycles. The SMILES string of the molecule is OCC1=CCOC1CO. The van der Waals surface area contributed by atoms with Crippen LogP contribution in [0, 0.1) is 0 Å². The zero-order valence-electron chi connectivity index (χ0n) is 5.08. The van der Waals surface area contributed by atoms with Crippen LogP contribution < -0.4 is 0 Å². The predicted molar refractivity (Wildman–Crippen MR) is 32.0 cm³/mol. The van der Waals surface area contributed by atoms with Crippen molar-refractivity contribution in [3.05, 3.63) is 11.6 Å². The van der Waals surface area contributed by atoms with Crippen molar-refractivity contribution in [2.24, 2.45) is 0 Å². The molecule has 1 aliphatic heterocycles. The van der Waals surface area contributed by atoms with Crippen LogP contribution >= 0.6 is 0 Å². The van der Waals surface area contributed by atoms with E-state index in [1.54, 1.807) is 6.08 Å². The van der Waals surface area contributed by atoms with Gasteiger partial charge in [0.1, 0.15) is 6.10 Å². The lowest BCUT2D eigenvalue weighted by atomic mass is 10.2. The van der Waals surface area contributed by atoms with E-state index in [0.717, 1.165) is 5.57 Å². The fourth-order valence-corrected chi connectivity index (χ4v) is 0.846. The molecule has 2 N–H and O–H groups in total. The summed E-state index contributed by atoms with van der Waals surface area (Å²) in [5, 5.41) is 17.2. The van der Waals surface area contributed by atoms with Crippen LogP contribution in [0.4, 0.5) is 0 Å². The average Bonchev–Trinajstić information content (AvgIpc) is 2.33. The lowest BCUT2D eigenvalue weighted by Gasteiger charge is -2.07. The molecule has 3 nitrogen and oxygen atoms in total. The first-order chi connectivity index (χ1) is 4.38. The first-order valence-corrected chi connectivity index (χ1v) is 2.90. The van der Waals surface area contributed by atoms with Gasteiger partial charge in [0.05, 0.1) is 19.8 Å². The molecular formula is C6H10O3. The smallest absolute Gasteiger partial charge is 0.104 e. The number of hydrogen-bond donors (Lipinski definition) is 2. The van der Waals surface area contributed by atoms with Crippen molar-refractivity contribution in [1.29, 1.82) is 0 Å². The highest BCUT2D eigenvalue weighted by atomic mass is 16.5. The molecule has 52 valence electrons. The first kappa shape index (κ1) is 6.74. The van der Waals surface area contributed by atoms with Gasteiger partial charge in [-0.2, -0.15) is 0 Å². The van der Waals surface area contributed by atoms with Crippen molar-refractivity contribution in [2.75, 3.05) is 19.8 Å². The quantitative estimate of drug-likeness (QED) is 0.486. The summed E-state index contributed by atoms with van der Waals surface area (Å²) in [6, 6.07) is 0. The second-order valence-electron chi connectivity index (χ2n) is 1.94. The van der Waals surface area contributed by atoms with Gasteiger partial charge in [-0.25, -0.2) is 0 Å². The molecule has 0 radical (unpaired) electrons. The third-order valence-electron chi connectivity index (χ3n) is 1.40. The van der Waals surface area contributed by atoms with E-state index in [4.69, 9.17) is 14.9 Å². The van der Waals surface area contributed by atoms with Gasteiger partial charge >= 0.3 is 0 Å². The van der Waals surface area contributed by atoms with Gasteiger partial charge in [0.25, 0.3) is 0 Å². The van der Waals surface area contributed by atoms with Gasteiger partial charge < -0.3 is 14.9 Å². The van der Waals surface area contributed by atoms with Crippen molar-refractivity contribution in [3.8, 4) is 0 Å². The van der Waals surface area contributed by atoms with Crippen LogP contribution in [0.5, 0.6) is 0 Å². The minimum Gasteiger partial charge on any atom is -0.393 e. The van der Waals surface area contributed by atoms with Gasteiger partial charge in [-0.15, -0.1) is 0 Å². The Kier molecular flexibility index (Phi) is 2.22. The Morgan fingerprint density at radius 3 is 2.89 bits per heavy atom. The van der Waals surface area contributed by atoms with E-state index < -0.39 is 0 Å². The van der Waals surface area contributed by atoms with Crippen molar-refractivity contribution < 1.29 is 14.9 Å². The highest BCUT2D eigenvalue weighted by molar-refractivity contribution is 5.13. The lowest BCUT2D eigenvalue weighted by Crippen LogP contribution is -2.16. The normalized spacial score (nSPS) is 26.4. The first-order valence-electron chi connectivity index (χ1n) is 2.90. The van der Waals surface area contributed by atoms with Crippen LogP contribution in [0.3, 0.4) is 0 Å². The Labute approximate surface area is 53.6 Å². The number of ether oxygens (including phenoxy) is 1. The maximum absolute atomic E-state index is 8.61. The van der Waals surface area contributed by atoms with Crippen molar-refractivity contribution >= 4 is 0 Å². The topological polar surface area (TPSA) is 49.7 Å². The summed E-state index contributed by atoms with van der Waals surface area (Å²) >= 11 is 0. The van der Waals surface area contributed by atoms with E-state index in [9.17, 15) is 0 Å². The zero-order chi connectivity index (χ0) is 6.69. The molecule has 0 aromatic heterocycles. The predicted octanol–water partition coefficient (Wildman–Crippen LogP) is -0.704. The Hall–Kier alpha value is -0.380. The van der Waals surface area contributed by atoms with Crippen LogP contribution in [0.2, 0.25) is 0 Å². The molecule has 0 amide bonds. The second-order valence-corrected chi connectivity index (χ2v) is 1.94. The van der Waals surface area contributed by atoms with E-state index in [2.05, 4.69) is 0 Å². The van der Waals surface area contributed by atoms with Gasteiger partial charge in [-0.1, -0.05) is 6.08 Å². The molecular weight excluding hydrogens is 120 g/mol. The summed E-state index contributed by atoms with van der Waals surface area (Å²) in [5.74, 6) is 0. The van der Waals surface area contributed by atoms with E-state index in [1.807, 2.05) is 0 Å². The second kappa shape index (κ2) is 2.96. The minimum absolute atomic E-state index is 0.00870. The number of hydrogen-bond acceptors (Lipinski definition) is 3. The Balaban J connectivity index is 2.47. The fraction of sp³-hybridized carbons (Fsp3) is 0.667. The van der Waals surface area contributed by atoms with E-state index >= 15 is 0 Å².